The number of alkyl carbamates (subject to hydrolysis) is 1. The van der Waals surface area contributed by atoms with Crippen LogP contribution in [0.15, 0.2) is 24.3 Å². The number of benzene rings is 1. The van der Waals surface area contributed by atoms with Gasteiger partial charge in [-0.2, -0.15) is 0 Å². The summed E-state index contributed by atoms with van der Waals surface area (Å²) in [4.78, 5) is 38.2. The molecule has 5 atom stereocenters. The summed E-state index contributed by atoms with van der Waals surface area (Å²) in [6, 6.07) is 4.16. The van der Waals surface area contributed by atoms with E-state index < -0.39 is 17.7 Å². The summed E-state index contributed by atoms with van der Waals surface area (Å²) < 4.78 is 23.1. The molecule has 0 radical (unpaired) electrons. The predicted molar refractivity (Wildman–Crippen MR) is 139 cm³/mol. The van der Waals surface area contributed by atoms with Crippen LogP contribution in [0, 0.1) is 5.92 Å². The van der Waals surface area contributed by atoms with Gasteiger partial charge in [0.25, 0.3) is 0 Å². The molecule has 38 heavy (non-hydrogen) atoms. The summed E-state index contributed by atoms with van der Waals surface area (Å²) in [5.41, 5.74) is 1.47. The lowest BCUT2D eigenvalue weighted by Gasteiger charge is -2.57. The maximum Gasteiger partial charge on any atom is 0.407 e. The molecule has 1 aromatic rings. The highest BCUT2D eigenvalue weighted by Gasteiger charge is 2.65. The lowest BCUT2D eigenvalue weighted by molar-refractivity contribution is -0.152. The van der Waals surface area contributed by atoms with E-state index in [0.717, 1.165) is 44.3 Å². The topological polar surface area (TPSA) is 103 Å². The summed E-state index contributed by atoms with van der Waals surface area (Å²) in [7, 11) is 0. The number of hydrogen-bond acceptors (Lipinski definition) is 8. The molecule has 206 valence electrons. The van der Waals surface area contributed by atoms with Gasteiger partial charge in [0.1, 0.15) is 11.7 Å². The van der Waals surface area contributed by atoms with Crippen LogP contribution in [0.25, 0.3) is 0 Å². The summed E-state index contributed by atoms with van der Waals surface area (Å²) in [5.74, 6) is 0.494. The first-order valence-electron chi connectivity index (χ1n) is 13.6. The molecule has 0 aromatic heterocycles. The number of nitrogens with zero attached hydrogens (tertiary/aromatic N) is 1. The lowest BCUT2D eigenvalue weighted by Crippen LogP contribution is -2.65. The van der Waals surface area contributed by atoms with Crippen LogP contribution in [-0.4, -0.2) is 66.4 Å². The minimum Gasteiger partial charge on any atom is -0.481 e. The summed E-state index contributed by atoms with van der Waals surface area (Å²) >= 11 is 0. The van der Waals surface area contributed by atoms with Crippen molar-refractivity contribution < 1.29 is 33.3 Å². The highest BCUT2D eigenvalue weighted by atomic mass is 16.6. The molecule has 5 rings (SSSR count). The van der Waals surface area contributed by atoms with Gasteiger partial charge in [-0.1, -0.05) is 12.1 Å². The fourth-order valence-corrected chi connectivity index (χ4v) is 6.85. The van der Waals surface area contributed by atoms with Crippen molar-refractivity contribution >= 4 is 18.0 Å². The quantitative estimate of drug-likeness (QED) is 0.249. The van der Waals surface area contributed by atoms with Gasteiger partial charge in [-0.15, -0.1) is 0 Å². The van der Waals surface area contributed by atoms with Crippen molar-refractivity contribution in [1.29, 1.82) is 0 Å². The minimum atomic E-state index is -0.506. The zero-order valence-electron chi connectivity index (χ0n) is 22.9. The van der Waals surface area contributed by atoms with Crippen LogP contribution >= 0.6 is 0 Å². The van der Waals surface area contributed by atoms with E-state index >= 15 is 0 Å². The van der Waals surface area contributed by atoms with Gasteiger partial charge in [0.15, 0.2) is 17.6 Å². The SMILES string of the molecule is CC(=O)Oc1ccc2c3c1O[C@H]1[C@@H](OC(C)=O)C=C[C@H]4C(C2)N(CCCCNC(=O)OC(C)(C)C)CC[C@@]341. The van der Waals surface area contributed by atoms with E-state index in [1.807, 2.05) is 32.9 Å². The molecule has 1 N–H and O–H groups in total. The third-order valence-electron chi connectivity index (χ3n) is 8.05. The average molecular weight is 527 g/mol. The second kappa shape index (κ2) is 9.91. The number of nitrogens with one attached hydrogen (secondary N) is 1. The van der Waals surface area contributed by atoms with Crippen molar-refractivity contribution in [3.63, 3.8) is 0 Å². The zero-order valence-corrected chi connectivity index (χ0v) is 22.9. The van der Waals surface area contributed by atoms with Gasteiger partial charge in [-0.25, -0.2) is 4.79 Å². The van der Waals surface area contributed by atoms with E-state index in [1.165, 1.54) is 19.4 Å². The second-order valence-electron chi connectivity index (χ2n) is 11.8. The molecular weight excluding hydrogens is 488 g/mol. The molecule has 1 spiro atoms. The Morgan fingerprint density at radius 2 is 1.92 bits per heavy atom. The Labute approximate surface area is 223 Å². The molecule has 0 saturated carbocycles. The van der Waals surface area contributed by atoms with Crippen LogP contribution in [0.4, 0.5) is 4.79 Å². The molecular formula is C29H38N2O7. The molecule has 1 fully saturated rings. The van der Waals surface area contributed by atoms with Crippen LogP contribution in [0.2, 0.25) is 0 Å². The highest BCUT2D eigenvalue weighted by Crippen LogP contribution is 2.63. The molecule has 2 bridgehead atoms. The van der Waals surface area contributed by atoms with Crippen molar-refractivity contribution in [2.75, 3.05) is 19.6 Å². The number of hydrogen-bond donors (Lipinski definition) is 1. The third-order valence-corrected chi connectivity index (χ3v) is 8.05. The van der Waals surface area contributed by atoms with E-state index in [2.05, 4.69) is 22.4 Å². The fourth-order valence-electron chi connectivity index (χ4n) is 6.85. The molecule has 1 aromatic carbocycles. The predicted octanol–water partition coefficient (Wildman–Crippen LogP) is 3.66. The standard InChI is InChI=1S/C29H38N2O7/c1-17(32)35-22-10-8-19-16-21-20-9-11-23(36-18(2)33)26-29(20,24(19)25(22)37-26)12-15-31(21)14-7-6-13-30-27(34)38-28(3,4)5/h8-11,20-21,23,26H,6-7,12-16H2,1-5H3,(H,30,34)/t20-,21?,23-,26-,29-/m0/s1. The van der Waals surface area contributed by atoms with Crippen LogP contribution in [0.5, 0.6) is 11.5 Å². The molecule has 2 aliphatic carbocycles. The maximum atomic E-state index is 11.9. The van der Waals surface area contributed by atoms with Gasteiger partial charge in [-0.05, 0) is 77.2 Å². The Bertz CT molecular complexity index is 1160. The monoisotopic (exact) mass is 526 g/mol. The van der Waals surface area contributed by atoms with Crippen LogP contribution < -0.4 is 14.8 Å². The first kappa shape index (κ1) is 26.5. The van der Waals surface area contributed by atoms with Gasteiger partial charge >= 0.3 is 18.0 Å². The number of carbonyl (C=O) groups is 3. The third kappa shape index (κ3) is 4.77. The Kier molecular flexibility index (Phi) is 6.92. The van der Waals surface area contributed by atoms with E-state index in [4.69, 9.17) is 18.9 Å². The number of esters is 2. The summed E-state index contributed by atoms with van der Waals surface area (Å²) in [6.45, 7) is 10.7. The van der Waals surface area contributed by atoms with Crippen molar-refractivity contribution in [2.45, 2.75) is 89.6 Å². The minimum absolute atomic E-state index is 0.189. The normalized spacial score (nSPS) is 28.7. The van der Waals surface area contributed by atoms with Crippen LogP contribution in [0.3, 0.4) is 0 Å². The van der Waals surface area contributed by atoms with E-state index in [9.17, 15) is 14.4 Å². The summed E-state index contributed by atoms with van der Waals surface area (Å²) in [5, 5.41) is 2.84. The highest BCUT2D eigenvalue weighted by molar-refractivity contribution is 5.73. The van der Waals surface area contributed by atoms with Crippen LogP contribution in [0.1, 0.15) is 65.0 Å². The molecule has 9 nitrogen and oxygen atoms in total. The van der Waals surface area contributed by atoms with Crippen molar-refractivity contribution in [1.82, 2.24) is 10.2 Å². The lowest BCUT2D eigenvalue weighted by atomic mass is 9.53. The maximum absolute atomic E-state index is 11.9. The largest absolute Gasteiger partial charge is 0.481 e. The fraction of sp³-hybridized carbons (Fsp3) is 0.621. The molecule has 2 aliphatic heterocycles. The van der Waals surface area contributed by atoms with Crippen molar-refractivity contribution in [3.05, 3.63) is 35.4 Å². The number of unbranched alkanes of at least 4 members (excludes halogenated alkanes) is 1. The zero-order chi connectivity index (χ0) is 27.2. The van der Waals surface area contributed by atoms with Crippen molar-refractivity contribution in [2.24, 2.45) is 5.92 Å². The van der Waals surface area contributed by atoms with Gasteiger partial charge in [0.05, 0.1) is 0 Å². The molecule has 1 unspecified atom stereocenters. The molecule has 1 saturated heterocycles. The molecule has 1 amide bonds. The average Bonchev–Trinajstić information content (AvgIpc) is 3.16. The van der Waals surface area contributed by atoms with Gasteiger partial charge in [-0.3, -0.25) is 14.5 Å². The first-order valence-corrected chi connectivity index (χ1v) is 13.6. The van der Waals surface area contributed by atoms with Gasteiger partial charge < -0.3 is 24.3 Å². The second-order valence-corrected chi connectivity index (χ2v) is 11.8. The Hall–Kier alpha value is -3.07. The van der Waals surface area contributed by atoms with Crippen molar-refractivity contribution in [3.8, 4) is 11.5 Å². The van der Waals surface area contributed by atoms with Crippen LogP contribution in [-0.2, 0) is 30.9 Å². The number of piperidine rings is 1. The van der Waals surface area contributed by atoms with Gasteiger partial charge in [0, 0.05) is 43.3 Å². The number of likely N-dealkylation sites (tertiary alicyclic amines) is 1. The number of carbonyl (C=O) groups excluding carboxylic acids is 3. The van der Waals surface area contributed by atoms with E-state index in [0.29, 0.717) is 18.0 Å². The smallest absolute Gasteiger partial charge is 0.407 e. The van der Waals surface area contributed by atoms with Gasteiger partial charge in [0.2, 0.25) is 0 Å². The molecule has 9 heteroatoms. The number of rotatable bonds is 7. The molecule has 4 aliphatic rings. The Balaban J connectivity index is 1.34. The van der Waals surface area contributed by atoms with E-state index in [1.54, 1.807) is 0 Å². The first-order chi connectivity index (χ1) is 18.0. The number of ether oxygens (including phenoxy) is 4. The Morgan fingerprint density at radius 3 is 2.63 bits per heavy atom. The Morgan fingerprint density at radius 1 is 1.13 bits per heavy atom. The molecule has 2 heterocycles. The van der Waals surface area contributed by atoms with E-state index in [-0.39, 0.29) is 35.5 Å². The number of amides is 1. The summed E-state index contributed by atoms with van der Waals surface area (Å²) in [6.07, 6.45) is 6.46.